The van der Waals surface area contributed by atoms with Crippen molar-refractivity contribution in [2.45, 2.75) is 62.9 Å². The maximum atomic E-state index is 12.9. The van der Waals surface area contributed by atoms with Gasteiger partial charge in [0.05, 0.1) is 4.90 Å². The van der Waals surface area contributed by atoms with Gasteiger partial charge < -0.3 is 4.90 Å². The molecule has 0 spiro atoms. The van der Waals surface area contributed by atoms with E-state index in [-0.39, 0.29) is 18.4 Å². The standard InChI is InChI=1S/C19H30N2O2S.ClH/c1-15-9-11-21(12-10-15)18-8-7-17(14-18)20(3)24(22,23)19-6-4-5-16(2)13-19;/h4-6,13,15,17-18H,7-12,14H2,1-3H3;1H. The normalized spacial score (nSPS) is 25.9. The van der Waals surface area contributed by atoms with Gasteiger partial charge in [-0.3, -0.25) is 0 Å². The molecular formula is C19H31ClN2O2S. The molecule has 0 aromatic heterocycles. The third kappa shape index (κ3) is 4.57. The lowest BCUT2D eigenvalue weighted by Gasteiger charge is -2.35. The Bertz CT molecular complexity index is 672. The van der Waals surface area contributed by atoms with Gasteiger partial charge in [0.25, 0.3) is 0 Å². The Hall–Kier alpha value is -0.620. The highest BCUT2D eigenvalue weighted by atomic mass is 35.5. The summed E-state index contributed by atoms with van der Waals surface area (Å²) in [5.74, 6) is 0.836. The minimum absolute atomic E-state index is 0. The largest absolute Gasteiger partial charge is 0.300 e. The Morgan fingerprint density at radius 1 is 1.12 bits per heavy atom. The number of piperidine rings is 1. The van der Waals surface area contributed by atoms with E-state index in [0.717, 1.165) is 30.7 Å². The third-order valence-corrected chi connectivity index (χ3v) is 7.80. The van der Waals surface area contributed by atoms with E-state index >= 15 is 0 Å². The van der Waals surface area contributed by atoms with Crippen LogP contribution in [0.1, 0.15) is 44.6 Å². The summed E-state index contributed by atoms with van der Waals surface area (Å²) >= 11 is 0. The van der Waals surface area contributed by atoms with Crippen LogP contribution in [0, 0.1) is 12.8 Å². The second-order valence-corrected chi connectivity index (χ2v) is 9.67. The Labute approximate surface area is 159 Å². The zero-order chi connectivity index (χ0) is 17.3. The van der Waals surface area contributed by atoms with Crippen LogP contribution in [0.5, 0.6) is 0 Å². The van der Waals surface area contributed by atoms with Crippen LogP contribution in [0.3, 0.4) is 0 Å². The van der Waals surface area contributed by atoms with Gasteiger partial charge >= 0.3 is 0 Å². The van der Waals surface area contributed by atoms with Gasteiger partial charge in [-0.2, -0.15) is 4.31 Å². The lowest BCUT2D eigenvalue weighted by molar-refractivity contribution is 0.136. The molecule has 0 radical (unpaired) electrons. The fourth-order valence-corrected chi connectivity index (χ4v) is 5.63. The fraction of sp³-hybridized carbons (Fsp3) is 0.684. The van der Waals surface area contributed by atoms with Crippen molar-refractivity contribution in [2.75, 3.05) is 20.1 Å². The summed E-state index contributed by atoms with van der Waals surface area (Å²) in [6, 6.07) is 7.91. The first kappa shape index (κ1) is 20.7. The van der Waals surface area contributed by atoms with E-state index in [1.165, 1.54) is 25.9 Å². The molecule has 25 heavy (non-hydrogen) atoms. The van der Waals surface area contributed by atoms with Crippen LogP contribution >= 0.6 is 12.4 Å². The van der Waals surface area contributed by atoms with Gasteiger partial charge in [0.1, 0.15) is 0 Å². The molecule has 1 saturated heterocycles. The molecule has 2 atom stereocenters. The minimum Gasteiger partial charge on any atom is -0.300 e. The summed E-state index contributed by atoms with van der Waals surface area (Å²) in [6.07, 6.45) is 5.61. The van der Waals surface area contributed by atoms with Gasteiger partial charge in [0.15, 0.2) is 0 Å². The maximum Gasteiger partial charge on any atom is 0.243 e. The van der Waals surface area contributed by atoms with Crippen molar-refractivity contribution in [2.24, 2.45) is 5.92 Å². The Morgan fingerprint density at radius 2 is 1.80 bits per heavy atom. The van der Waals surface area contributed by atoms with Crippen LogP contribution in [-0.2, 0) is 10.0 Å². The predicted molar refractivity (Wildman–Crippen MR) is 105 cm³/mol. The highest BCUT2D eigenvalue weighted by Crippen LogP contribution is 2.32. The average molecular weight is 387 g/mol. The van der Waals surface area contributed by atoms with Crippen LogP contribution in [0.2, 0.25) is 0 Å². The van der Waals surface area contributed by atoms with Gasteiger partial charge in [-0.1, -0.05) is 19.1 Å². The molecule has 2 unspecified atom stereocenters. The van der Waals surface area contributed by atoms with Crippen LogP contribution in [-0.4, -0.2) is 49.8 Å². The van der Waals surface area contributed by atoms with Crippen molar-refractivity contribution >= 4 is 22.4 Å². The van der Waals surface area contributed by atoms with E-state index in [1.54, 1.807) is 23.5 Å². The number of benzene rings is 1. The predicted octanol–water partition coefficient (Wildman–Crippen LogP) is 3.69. The van der Waals surface area contributed by atoms with Crippen molar-refractivity contribution in [1.82, 2.24) is 9.21 Å². The number of hydrogen-bond acceptors (Lipinski definition) is 3. The van der Waals surface area contributed by atoms with E-state index in [2.05, 4.69) is 11.8 Å². The number of hydrogen-bond donors (Lipinski definition) is 0. The summed E-state index contributed by atoms with van der Waals surface area (Å²) in [5.41, 5.74) is 0.983. The molecular weight excluding hydrogens is 356 g/mol. The van der Waals surface area contributed by atoms with Gasteiger partial charge in [-0.25, -0.2) is 8.42 Å². The molecule has 6 heteroatoms. The van der Waals surface area contributed by atoms with Crippen molar-refractivity contribution in [3.63, 3.8) is 0 Å². The number of aryl methyl sites for hydroxylation is 1. The summed E-state index contributed by atoms with van der Waals surface area (Å²) in [4.78, 5) is 3.01. The summed E-state index contributed by atoms with van der Waals surface area (Å²) in [6.45, 7) is 6.61. The molecule has 1 heterocycles. The number of likely N-dealkylation sites (tertiary alicyclic amines) is 1. The molecule has 4 nitrogen and oxygen atoms in total. The summed E-state index contributed by atoms with van der Waals surface area (Å²) in [7, 11) is -1.64. The maximum absolute atomic E-state index is 12.9. The third-order valence-electron chi connectivity index (χ3n) is 5.89. The Morgan fingerprint density at radius 3 is 2.44 bits per heavy atom. The van der Waals surface area contributed by atoms with Gasteiger partial charge in [0.2, 0.25) is 10.0 Å². The van der Waals surface area contributed by atoms with E-state index in [1.807, 2.05) is 19.1 Å². The molecule has 0 bridgehead atoms. The van der Waals surface area contributed by atoms with E-state index in [9.17, 15) is 8.42 Å². The second-order valence-electron chi connectivity index (χ2n) is 7.68. The zero-order valence-electron chi connectivity index (χ0n) is 15.5. The second kappa shape index (κ2) is 8.38. The molecule has 1 aliphatic carbocycles. The summed E-state index contributed by atoms with van der Waals surface area (Å²) in [5, 5.41) is 0. The number of halogens is 1. The highest BCUT2D eigenvalue weighted by molar-refractivity contribution is 7.89. The monoisotopic (exact) mass is 386 g/mol. The van der Waals surface area contributed by atoms with Crippen molar-refractivity contribution in [1.29, 1.82) is 0 Å². The molecule has 1 aromatic rings. The number of nitrogens with zero attached hydrogens (tertiary/aromatic N) is 2. The molecule has 2 aliphatic rings. The van der Waals surface area contributed by atoms with Gasteiger partial charge in [0, 0.05) is 19.1 Å². The zero-order valence-corrected chi connectivity index (χ0v) is 17.2. The molecule has 1 aromatic carbocycles. The van der Waals surface area contributed by atoms with Crippen LogP contribution in [0.4, 0.5) is 0 Å². The lowest BCUT2D eigenvalue weighted by atomic mass is 9.97. The van der Waals surface area contributed by atoms with Crippen molar-refractivity contribution in [3.8, 4) is 0 Å². The van der Waals surface area contributed by atoms with E-state index < -0.39 is 10.0 Å². The molecule has 2 fully saturated rings. The first-order valence-electron chi connectivity index (χ1n) is 9.16. The molecule has 0 amide bonds. The first-order valence-corrected chi connectivity index (χ1v) is 10.6. The van der Waals surface area contributed by atoms with E-state index in [4.69, 9.17) is 0 Å². The van der Waals surface area contributed by atoms with Crippen molar-refractivity contribution < 1.29 is 8.42 Å². The number of sulfonamides is 1. The molecule has 142 valence electrons. The highest BCUT2D eigenvalue weighted by Gasteiger charge is 2.36. The lowest BCUT2D eigenvalue weighted by Crippen LogP contribution is -2.41. The molecule has 1 aliphatic heterocycles. The van der Waals surface area contributed by atoms with Crippen LogP contribution in [0.15, 0.2) is 29.2 Å². The molecule has 1 saturated carbocycles. The minimum atomic E-state index is -3.39. The van der Waals surface area contributed by atoms with Crippen LogP contribution < -0.4 is 0 Å². The molecule has 3 rings (SSSR count). The SMILES string of the molecule is Cc1cccc(S(=O)(=O)N(C)C2CCC(N3CCC(C)CC3)C2)c1.Cl. The molecule has 0 N–H and O–H groups in total. The number of rotatable bonds is 4. The van der Waals surface area contributed by atoms with Gasteiger partial charge in [-0.15, -0.1) is 12.4 Å². The van der Waals surface area contributed by atoms with Crippen LogP contribution in [0.25, 0.3) is 0 Å². The average Bonchev–Trinajstić information content (AvgIpc) is 3.04. The van der Waals surface area contributed by atoms with Gasteiger partial charge in [-0.05, 0) is 75.7 Å². The van der Waals surface area contributed by atoms with Crippen molar-refractivity contribution in [3.05, 3.63) is 29.8 Å². The Balaban J connectivity index is 0.00000225. The smallest absolute Gasteiger partial charge is 0.243 e. The van der Waals surface area contributed by atoms with E-state index in [0.29, 0.717) is 10.9 Å². The first-order chi connectivity index (χ1) is 11.4. The fourth-order valence-electron chi connectivity index (χ4n) is 4.13. The topological polar surface area (TPSA) is 40.6 Å². The summed E-state index contributed by atoms with van der Waals surface area (Å²) < 4.78 is 27.4. The quantitative estimate of drug-likeness (QED) is 0.792. The Kier molecular flexibility index (Phi) is 6.94.